The summed E-state index contributed by atoms with van der Waals surface area (Å²) >= 11 is 5.83. The van der Waals surface area contributed by atoms with Crippen LogP contribution in [0.1, 0.15) is 24.1 Å². The van der Waals surface area contributed by atoms with E-state index in [2.05, 4.69) is 25.2 Å². The minimum Gasteiger partial charge on any atom is -0.366 e. The standard InChI is InChI=1S/C16H20ClN5/c1-12-7-16(20-11-19-12)21-14-3-2-6-22(10-14)9-13-4-5-15(17)18-8-13/h4-5,7-8,11,14H,2-3,6,9-10H2,1H3,(H,19,20,21). The number of hydrogen-bond acceptors (Lipinski definition) is 5. The molecule has 1 atom stereocenters. The van der Waals surface area contributed by atoms with Crippen LogP contribution < -0.4 is 5.32 Å². The van der Waals surface area contributed by atoms with Crippen LogP contribution in [0.4, 0.5) is 5.82 Å². The van der Waals surface area contributed by atoms with Crippen molar-refractivity contribution < 1.29 is 0 Å². The average molecular weight is 318 g/mol. The first-order chi connectivity index (χ1) is 10.7. The highest BCUT2D eigenvalue weighted by Crippen LogP contribution is 2.17. The number of anilines is 1. The summed E-state index contributed by atoms with van der Waals surface area (Å²) in [5.41, 5.74) is 2.18. The fourth-order valence-corrected chi connectivity index (χ4v) is 2.93. The molecule has 3 rings (SSSR count). The van der Waals surface area contributed by atoms with Crippen molar-refractivity contribution in [2.75, 3.05) is 18.4 Å². The van der Waals surface area contributed by atoms with E-state index in [0.29, 0.717) is 11.2 Å². The zero-order chi connectivity index (χ0) is 15.4. The van der Waals surface area contributed by atoms with E-state index in [9.17, 15) is 0 Å². The maximum atomic E-state index is 5.83. The van der Waals surface area contributed by atoms with Gasteiger partial charge in [-0.2, -0.15) is 0 Å². The van der Waals surface area contributed by atoms with Crippen molar-refractivity contribution in [3.05, 3.63) is 47.1 Å². The molecule has 6 heteroatoms. The number of hydrogen-bond donors (Lipinski definition) is 1. The topological polar surface area (TPSA) is 53.9 Å². The van der Waals surface area contributed by atoms with E-state index in [0.717, 1.165) is 31.1 Å². The minimum absolute atomic E-state index is 0.420. The summed E-state index contributed by atoms with van der Waals surface area (Å²) in [5, 5.41) is 4.06. The van der Waals surface area contributed by atoms with Gasteiger partial charge in [0.15, 0.2) is 0 Å². The Morgan fingerprint density at radius 1 is 1.32 bits per heavy atom. The molecular weight excluding hydrogens is 298 g/mol. The number of pyridine rings is 1. The maximum absolute atomic E-state index is 5.83. The Hall–Kier alpha value is -1.72. The second kappa shape index (κ2) is 7.03. The fourth-order valence-electron chi connectivity index (χ4n) is 2.82. The number of likely N-dealkylation sites (tertiary alicyclic amines) is 1. The van der Waals surface area contributed by atoms with Crippen LogP contribution in [-0.2, 0) is 6.54 Å². The fraction of sp³-hybridized carbons (Fsp3) is 0.438. The van der Waals surface area contributed by atoms with Gasteiger partial charge < -0.3 is 5.32 Å². The van der Waals surface area contributed by atoms with Crippen molar-refractivity contribution in [2.45, 2.75) is 32.4 Å². The molecule has 1 fully saturated rings. The predicted molar refractivity (Wildman–Crippen MR) is 87.9 cm³/mol. The first kappa shape index (κ1) is 15.2. The summed E-state index contributed by atoms with van der Waals surface area (Å²) < 4.78 is 0. The van der Waals surface area contributed by atoms with Crippen LogP contribution in [0.25, 0.3) is 0 Å². The number of halogens is 1. The van der Waals surface area contributed by atoms with Gasteiger partial charge in [-0.25, -0.2) is 15.0 Å². The molecule has 0 spiro atoms. The van der Waals surface area contributed by atoms with Gasteiger partial charge in [0, 0.05) is 37.1 Å². The van der Waals surface area contributed by atoms with E-state index in [-0.39, 0.29) is 0 Å². The molecule has 1 aliphatic heterocycles. The summed E-state index contributed by atoms with van der Waals surface area (Å²) in [5.74, 6) is 0.910. The van der Waals surface area contributed by atoms with Crippen molar-refractivity contribution in [3.63, 3.8) is 0 Å². The van der Waals surface area contributed by atoms with Gasteiger partial charge in [0.05, 0.1) is 0 Å². The molecule has 1 N–H and O–H groups in total. The van der Waals surface area contributed by atoms with Gasteiger partial charge in [0.1, 0.15) is 17.3 Å². The van der Waals surface area contributed by atoms with Gasteiger partial charge in [-0.05, 0) is 37.9 Å². The van der Waals surface area contributed by atoms with Crippen molar-refractivity contribution >= 4 is 17.4 Å². The van der Waals surface area contributed by atoms with Crippen LogP contribution >= 0.6 is 11.6 Å². The van der Waals surface area contributed by atoms with Crippen LogP contribution in [0.2, 0.25) is 5.15 Å². The SMILES string of the molecule is Cc1cc(NC2CCCN(Cc3ccc(Cl)nc3)C2)ncn1. The molecule has 1 unspecified atom stereocenters. The Morgan fingerprint density at radius 2 is 2.23 bits per heavy atom. The summed E-state index contributed by atoms with van der Waals surface area (Å²) in [7, 11) is 0. The number of aromatic nitrogens is 3. The molecule has 2 aromatic rings. The molecule has 5 nitrogen and oxygen atoms in total. The lowest BCUT2D eigenvalue weighted by Gasteiger charge is -2.33. The summed E-state index contributed by atoms with van der Waals surface area (Å²) in [6.45, 7) is 5.01. The first-order valence-corrected chi connectivity index (χ1v) is 7.95. The van der Waals surface area contributed by atoms with Gasteiger partial charge in [0.25, 0.3) is 0 Å². The van der Waals surface area contributed by atoms with Crippen molar-refractivity contribution in [2.24, 2.45) is 0 Å². The lowest BCUT2D eigenvalue weighted by Crippen LogP contribution is -2.41. The third-order valence-electron chi connectivity index (χ3n) is 3.86. The molecule has 116 valence electrons. The molecular formula is C16H20ClN5. The smallest absolute Gasteiger partial charge is 0.129 e. The molecule has 0 aliphatic carbocycles. The minimum atomic E-state index is 0.420. The van der Waals surface area contributed by atoms with Gasteiger partial charge in [-0.3, -0.25) is 4.90 Å². The lowest BCUT2D eigenvalue weighted by molar-refractivity contribution is 0.208. The average Bonchev–Trinajstić information content (AvgIpc) is 2.50. The molecule has 22 heavy (non-hydrogen) atoms. The molecule has 1 saturated heterocycles. The van der Waals surface area contributed by atoms with Crippen LogP contribution in [0.3, 0.4) is 0 Å². The zero-order valence-corrected chi connectivity index (χ0v) is 13.4. The van der Waals surface area contributed by atoms with Gasteiger partial charge in [0.2, 0.25) is 0 Å². The third-order valence-corrected chi connectivity index (χ3v) is 4.08. The second-order valence-electron chi connectivity index (χ2n) is 5.75. The Bertz CT molecular complexity index is 616. The molecule has 3 heterocycles. The predicted octanol–water partition coefficient (Wildman–Crippen LogP) is 2.91. The first-order valence-electron chi connectivity index (χ1n) is 7.57. The van der Waals surface area contributed by atoms with Crippen molar-refractivity contribution in [1.29, 1.82) is 0 Å². The number of aryl methyl sites for hydroxylation is 1. The second-order valence-corrected chi connectivity index (χ2v) is 6.14. The lowest BCUT2D eigenvalue weighted by atomic mass is 10.0. The van der Waals surface area contributed by atoms with E-state index in [1.54, 1.807) is 6.33 Å². The third kappa shape index (κ3) is 4.15. The van der Waals surface area contributed by atoms with Crippen molar-refractivity contribution in [1.82, 2.24) is 19.9 Å². The number of nitrogens with zero attached hydrogens (tertiary/aromatic N) is 4. The van der Waals surface area contributed by atoms with Crippen molar-refractivity contribution in [3.8, 4) is 0 Å². The highest BCUT2D eigenvalue weighted by molar-refractivity contribution is 6.29. The summed E-state index contributed by atoms with van der Waals surface area (Å²) in [6, 6.07) is 6.30. The van der Waals surface area contributed by atoms with Crippen LogP contribution in [0.15, 0.2) is 30.7 Å². The Labute approximate surface area is 135 Å². The number of rotatable bonds is 4. The Balaban J connectivity index is 1.58. The van der Waals surface area contributed by atoms with Gasteiger partial charge in [-0.15, -0.1) is 0 Å². The van der Waals surface area contributed by atoms with E-state index in [4.69, 9.17) is 11.6 Å². The van der Waals surface area contributed by atoms with Gasteiger partial charge >= 0.3 is 0 Å². The van der Waals surface area contributed by atoms with Crippen LogP contribution in [0.5, 0.6) is 0 Å². The number of piperidine rings is 1. The van der Waals surface area contributed by atoms with Crippen LogP contribution in [-0.4, -0.2) is 39.0 Å². The molecule has 0 amide bonds. The highest BCUT2D eigenvalue weighted by atomic mass is 35.5. The van der Waals surface area contributed by atoms with E-state index < -0.39 is 0 Å². The Kier molecular flexibility index (Phi) is 4.85. The molecule has 1 aliphatic rings. The molecule has 0 aromatic carbocycles. The normalized spacial score (nSPS) is 19.1. The van der Waals surface area contributed by atoms with E-state index in [1.807, 2.05) is 31.3 Å². The molecule has 0 saturated carbocycles. The van der Waals surface area contributed by atoms with Crippen LogP contribution in [0, 0.1) is 6.92 Å². The monoisotopic (exact) mass is 317 g/mol. The van der Waals surface area contributed by atoms with Gasteiger partial charge in [-0.1, -0.05) is 17.7 Å². The van der Waals surface area contributed by atoms with E-state index >= 15 is 0 Å². The molecule has 0 radical (unpaired) electrons. The molecule has 0 bridgehead atoms. The maximum Gasteiger partial charge on any atom is 0.129 e. The summed E-state index contributed by atoms with van der Waals surface area (Å²) in [4.78, 5) is 15.0. The Morgan fingerprint density at radius 3 is 3.00 bits per heavy atom. The largest absolute Gasteiger partial charge is 0.366 e. The quantitative estimate of drug-likeness (QED) is 0.879. The molecule has 2 aromatic heterocycles. The number of nitrogens with one attached hydrogen (secondary N) is 1. The zero-order valence-electron chi connectivity index (χ0n) is 12.7. The highest BCUT2D eigenvalue weighted by Gasteiger charge is 2.20. The summed E-state index contributed by atoms with van der Waals surface area (Å²) in [6.07, 6.45) is 5.81. The van der Waals surface area contributed by atoms with E-state index in [1.165, 1.54) is 18.4 Å².